The summed E-state index contributed by atoms with van der Waals surface area (Å²) >= 11 is 0. The fraction of sp³-hybridized carbons (Fsp3) is 0.467. The lowest BCUT2D eigenvalue weighted by atomic mass is 10.0. The maximum Gasteiger partial charge on any atom is 0.469 e. The number of phenolic OH excluding ortho intramolecular Hbond substituents is 1. The Balaban J connectivity index is 3.28. The Bertz CT molecular complexity index is 1620. The number of hydrogen-bond donors (Lipinski definition) is 13. The normalized spacial score (nSPS) is 14.3. The van der Waals surface area contributed by atoms with Crippen LogP contribution in [0.1, 0.15) is 51.0 Å². The number of primary amides is 2. The molecule has 1 aromatic rings. The molecular formula is C30H44N8O16P-. The standard InChI is InChI=1S/C30H44N8O16P/c1-14(34-26(45)17(31)6-9-22(32)40)25(44)38-21(13-54-55(51,52)53)29(48)36-18(7-10-23(33)41)27(46)35-19(8-11-24(42)43)28(47)37-20(30(49)50)12-15-2-4-16(39)5-3-15/h2-5,12,14,17-21,39H,6-11,13,31H2,1H3,(H2,32,40)(H2,33,41)(H,34,45)(H,35,46)(H,36,48)(H,37,47)(H,38,44)(H,42,43)(H,49,50)(H2,51,52,53)/q-1/t14-,17-,18-,19-,20-,21-/m0/s1. The second kappa shape index (κ2) is 22.4. The summed E-state index contributed by atoms with van der Waals surface area (Å²) < 4.78 is 15.8. The van der Waals surface area contributed by atoms with E-state index in [2.05, 4.69) is 31.1 Å². The molecule has 0 spiro atoms. The van der Waals surface area contributed by atoms with Gasteiger partial charge >= 0.3 is 19.8 Å². The second-order valence-corrected chi connectivity index (χ2v) is 13.1. The van der Waals surface area contributed by atoms with Crippen LogP contribution in [0.2, 0.25) is 0 Å². The number of aliphatic carboxylic acids is 2. The predicted octanol–water partition coefficient (Wildman–Crippen LogP) is -4.69. The van der Waals surface area contributed by atoms with E-state index in [1.54, 1.807) is 0 Å². The number of rotatable bonds is 25. The third kappa shape index (κ3) is 19.2. The van der Waals surface area contributed by atoms with Gasteiger partial charge in [0.25, 0.3) is 0 Å². The molecule has 0 aliphatic rings. The minimum Gasteiger partial charge on any atom is -0.510 e. The molecule has 306 valence electrons. The highest BCUT2D eigenvalue weighted by Crippen LogP contribution is 2.35. The summed E-state index contributed by atoms with van der Waals surface area (Å²) in [5.41, 5.74) is 16.1. The first-order valence-corrected chi connectivity index (χ1v) is 17.6. The van der Waals surface area contributed by atoms with Gasteiger partial charge in [-0.25, -0.2) is 4.57 Å². The van der Waals surface area contributed by atoms with Crippen LogP contribution in [0.4, 0.5) is 0 Å². The Kier molecular flexibility index (Phi) is 19.2. The van der Waals surface area contributed by atoms with Crippen LogP contribution in [0, 0.1) is 6.42 Å². The quantitative estimate of drug-likeness (QED) is 0.0326. The van der Waals surface area contributed by atoms with Gasteiger partial charge in [0.05, 0.1) is 18.4 Å². The number of amides is 7. The lowest BCUT2D eigenvalue weighted by molar-refractivity contribution is -0.142. The van der Waals surface area contributed by atoms with Crippen molar-refractivity contribution in [3.8, 4) is 5.75 Å². The largest absolute Gasteiger partial charge is 0.510 e. The van der Waals surface area contributed by atoms with E-state index in [0.29, 0.717) is 0 Å². The molecule has 0 bridgehead atoms. The first-order chi connectivity index (χ1) is 25.5. The first-order valence-electron chi connectivity index (χ1n) is 16.1. The van der Waals surface area contributed by atoms with Gasteiger partial charge in [0.1, 0.15) is 30.2 Å². The summed E-state index contributed by atoms with van der Waals surface area (Å²) in [5, 5.41) is 39.1. The first kappa shape index (κ1) is 47.2. The van der Waals surface area contributed by atoms with Crippen LogP contribution in [-0.2, 0) is 52.2 Å². The number of nitrogens with one attached hydrogen (secondary N) is 5. The van der Waals surface area contributed by atoms with Crippen molar-refractivity contribution >= 4 is 61.1 Å². The monoisotopic (exact) mass is 803 g/mol. The van der Waals surface area contributed by atoms with Crippen LogP contribution in [0.15, 0.2) is 24.3 Å². The molecule has 0 aliphatic heterocycles. The van der Waals surface area contributed by atoms with Gasteiger partial charge in [0.2, 0.25) is 41.4 Å². The Morgan fingerprint density at radius 2 is 1.18 bits per heavy atom. The Hall–Kier alpha value is -5.81. The summed E-state index contributed by atoms with van der Waals surface area (Å²) in [6, 6.07) is -4.92. The lowest BCUT2D eigenvalue weighted by Gasteiger charge is -2.27. The number of nitrogens with two attached hydrogens (primary N) is 3. The van der Waals surface area contributed by atoms with Crippen molar-refractivity contribution in [1.82, 2.24) is 26.6 Å². The number of carbonyl (C=O) groups is 9. The van der Waals surface area contributed by atoms with Gasteiger partial charge in [-0.1, -0.05) is 12.1 Å². The molecule has 7 amide bonds. The summed E-state index contributed by atoms with van der Waals surface area (Å²) in [6.45, 7) is -0.0851. The van der Waals surface area contributed by atoms with Gasteiger partial charge < -0.3 is 68.9 Å². The average molecular weight is 804 g/mol. The van der Waals surface area contributed by atoms with Gasteiger partial charge in [-0.05, 0) is 26.2 Å². The topological polar surface area (TPSA) is 419 Å². The van der Waals surface area contributed by atoms with Gasteiger partial charge in [-0.2, -0.15) is 24.1 Å². The Labute approximate surface area is 312 Å². The number of phenols is 1. The number of carboxylic acids is 2. The molecule has 55 heavy (non-hydrogen) atoms. The molecule has 0 saturated carbocycles. The van der Waals surface area contributed by atoms with E-state index in [1.807, 2.05) is 0 Å². The van der Waals surface area contributed by atoms with Crippen LogP contribution in [0.3, 0.4) is 0 Å². The third-order valence-corrected chi connectivity index (χ3v) is 7.73. The number of carbonyl (C=O) groups excluding carboxylic acids is 7. The minimum atomic E-state index is -5.29. The van der Waals surface area contributed by atoms with Crippen molar-refractivity contribution in [3.05, 3.63) is 36.2 Å². The molecule has 0 saturated heterocycles. The molecule has 0 aromatic heterocycles. The molecule has 1 aromatic carbocycles. The summed E-state index contributed by atoms with van der Waals surface area (Å²) in [7, 11) is -5.29. The van der Waals surface area contributed by atoms with E-state index < -0.39 is 130 Å². The molecule has 0 heterocycles. The zero-order valence-electron chi connectivity index (χ0n) is 29.2. The molecule has 0 radical (unpaired) electrons. The lowest BCUT2D eigenvalue weighted by Crippen LogP contribution is -2.60. The molecule has 0 aliphatic carbocycles. The highest BCUT2D eigenvalue weighted by Gasteiger charge is 2.33. The van der Waals surface area contributed by atoms with Crippen molar-refractivity contribution < 1.29 is 77.3 Å². The number of hydrogen-bond acceptors (Lipinski definition) is 13. The highest BCUT2D eigenvalue weighted by atomic mass is 31.2. The van der Waals surface area contributed by atoms with E-state index in [4.69, 9.17) is 17.2 Å². The number of phosphoric ester groups is 1. The maximum absolute atomic E-state index is 13.5. The fourth-order valence-electron chi connectivity index (χ4n) is 4.31. The molecule has 6 atom stereocenters. The summed E-state index contributed by atoms with van der Waals surface area (Å²) in [6.07, 6.45) is -1.86. The van der Waals surface area contributed by atoms with E-state index in [9.17, 15) is 72.8 Å². The third-order valence-electron chi connectivity index (χ3n) is 7.24. The molecule has 16 N–H and O–H groups in total. The number of carboxylic acid groups (broad SMARTS) is 2. The predicted molar refractivity (Wildman–Crippen MR) is 184 cm³/mol. The molecular weight excluding hydrogens is 759 g/mol. The average Bonchev–Trinajstić information content (AvgIpc) is 3.08. The highest BCUT2D eigenvalue weighted by molar-refractivity contribution is 7.46. The van der Waals surface area contributed by atoms with Crippen molar-refractivity contribution in [2.24, 2.45) is 17.2 Å². The van der Waals surface area contributed by atoms with E-state index >= 15 is 0 Å². The van der Waals surface area contributed by atoms with Crippen LogP contribution >= 0.6 is 7.82 Å². The molecule has 1 rings (SSSR count). The molecule has 0 unspecified atom stereocenters. The molecule has 24 nitrogen and oxygen atoms in total. The number of benzene rings is 1. The van der Waals surface area contributed by atoms with Gasteiger partial charge in [0.15, 0.2) is 0 Å². The van der Waals surface area contributed by atoms with E-state index in [-0.39, 0.29) is 24.2 Å². The zero-order valence-corrected chi connectivity index (χ0v) is 30.1. The SMILES string of the molecule is C[C@H](NC(=O)[C@@H](N)CCC(N)=O)C(=O)N[C@@H](COP(=O)(O)O)C(=O)N[C@@H](CCC(N)=O)C(=O)N[C@@H](CCC(=O)O)C(=O)N[C@@H]([CH-]c1ccc(O)cc1)C(=O)O. The van der Waals surface area contributed by atoms with Gasteiger partial charge in [-0.3, -0.25) is 47.7 Å². The van der Waals surface area contributed by atoms with Crippen molar-refractivity contribution in [1.29, 1.82) is 0 Å². The Morgan fingerprint density at radius 3 is 1.67 bits per heavy atom. The van der Waals surface area contributed by atoms with E-state index in [1.165, 1.54) is 24.3 Å². The Morgan fingerprint density at radius 1 is 0.709 bits per heavy atom. The smallest absolute Gasteiger partial charge is 0.469 e. The van der Waals surface area contributed by atoms with Crippen molar-refractivity contribution in [3.63, 3.8) is 0 Å². The van der Waals surface area contributed by atoms with Crippen LogP contribution in [0.25, 0.3) is 0 Å². The maximum atomic E-state index is 13.5. The van der Waals surface area contributed by atoms with E-state index in [0.717, 1.165) is 13.3 Å². The fourth-order valence-corrected chi connectivity index (χ4v) is 4.65. The van der Waals surface area contributed by atoms with Gasteiger partial charge in [0, 0.05) is 19.3 Å². The number of phosphoric acid groups is 1. The summed E-state index contributed by atoms with van der Waals surface area (Å²) in [4.78, 5) is 130. The second-order valence-electron chi connectivity index (χ2n) is 11.8. The molecule has 0 fully saturated rings. The van der Waals surface area contributed by atoms with Crippen molar-refractivity contribution in [2.45, 2.75) is 81.7 Å². The summed E-state index contributed by atoms with van der Waals surface area (Å²) in [5.74, 6) is -10.7. The van der Waals surface area contributed by atoms with Gasteiger partial charge in [-0.15, -0.1) is 0 Å². The number of aromatic hydroxyl groups is 1. The van der Waals surface area contributed by atoms with Crippen LogP contribution in [0.5, 0.6) is 5.75 Å². The van der Waals surface area contributed by atoms with Crippen LogP contribution < -0.4 is 43.8 Å². The zero-order chi connectivity index (χ0) is 42.0. The van der Waals surface area contributed by atoms with Crippen LogP contribution in [-0.4, -0.2) is 121 Å². The minimum absolute atomic E-state index is 0.135. The molecule has 25 heteroatoms. The van der Waals surface area contributed by atoms with Crippen molar-refractivity contribution in [2.75, 3.05) is 6.61 Å².